The average molecular weight is 403 g/mol. The highest BCUT2D eigenvalue weighted by atomic mass is 35.5. The number of thioether (sulfide) groups is 1. The van der Waals surface area contributed by atoms with E-state index in [0.717, 1.165) is 11.3 Å². The van der Waals surface area contributed by atoms with Gasteiger partial charge in [-0.1, -0.05) is 41.9 Å². The fourth-order valence-corrected chi connectivity index (χ4v) is 3.69. The molecule has 0 aliphatic rings. The minimum Gasteiger partial charge on any atom is -0.468 e. The van der Waals surface area contributed by atoms with Crippen LogP contribution in [0.1, 0.15) is 16.6 Å². The van der Waals surface area contributed by atoms with Gasteiger partial charge in [0.25, 0.3) is 5.69 Å². The first-order valence-corrected chi connectivity index (χ1v) is 9.41. The van der Waals surface area contributed by atoms with Gasteiger partial charge < -0.3 is 9.73 Å². The van der Waals surface area contributed by atoms with Crippen LogP contribution in [0.15, 0.2) is 71.3 Å². The van der Waals surface area contributed by atoms with Crippen molar-refractivity contribution in [2.24, 2.45) is 0 Å². The lowest BCUT2D eigenvalue weighted by atomic mass is 10.1. The second kappa shape index (κ2) is 8.75. The summed E-state index contributed by atoms with van der Waals surface area (Å²) in [5, 5.41) is 13.3. The van der Waals surface area contributed by atoms with Crippen LogP contribution in [0.5, 0.6) is 0 Å². The lowest BCUT2D eigenvalue weighted by molar-refractivity contribution is -0.384. The van der Waals surface area contributed by atoms with Gasteiger partial charge in [-0.15, -0.1) is 11.8 Å². The van der Waals surface area contributed by atoms with Crippen molar-refractivity contribution in [3.63, 3.8) is 0 Å². The quantitative estimate of drug-likeness (QED) is 0.419. The second-order valence-electron chi connectivity index (χ2n) is 5.59. The third kappa shape index (κ3) is 4.90. The van der Waals surface area contributed by atoms with Crippen molar-refractivity contribution in [3.8, 4) is 0 Å². The molecule has 138 valence electrons. The number of nitrogens with zero attached hydrogens (tertiary/aromatic N) is 1. The maximum atomic E-state index is 12.9. The molecule has 0 bridgehead atoms. The Morgan fingerprint density at radius 2 is 1.96 bits per heavy atom. The lowest BCUT2D eigenvalue weighted by Crippen LogP contribution is -2.19. The van der Waals surface area contributed by atoms with E-state index in [1.165, 1.54) is 30.0 Å². The smallest absolute Gasteiger partial charge is 0.289 e. The Hall–Kier alpha value is -2.77. The average Bonchev–Trinajstić information content (AvgIpc) is 3.18. The predicted molar refractivity (Wildman–Crippen MR) is 106 cm³/mol. The highest BCUT2D eigenvalue weighted by molar-refractivity contribution is 7.99. The van der Waals surface area contributed by atoms with Crippen molar-refractivity contribution >= 4 is 40.6 Å². The van der Waals surface area contributed by atoms with Crippen molar-refractivity contribution < 1.29 is 14.1 Å². The molecule has 0 unspecified atom stereocenters. The number of nitro groups is 1. The van der Waals surface area contributed by atoms with Gasteiger partial charge in [-0.2, -0.15) is 0 Å². The molecule has 2 aromatic carbocycles. The Morgan fingerprint density at radius 3 is 2.63 bits per heavy atom. The standard InChI is InChI=1S/C19H15ClN2O4S/c20-16-9-8-14(11-17(16)22(24)25)21-19(23)18(13-5-2-1-3-6-13)27-12-15-7-4-10-26-15/h1-11,18H,12H2,(H,21,23)/t18-/m0/s1. The number of anilines is 1. The number of rotatable bonds is 7. The molecule has 6 nitrogen and oxygen atoms in total. The van der Waals surface area contributed by atoms with Crippen LogP contribution in [0, 0.1) is 10.1 Å². The summed E-state index contributed by atoms with van der Waals surface area (Å²) in [6, 6.07) is 17.1. The molecule has 0 aliphatic heterocycles. The molecule has 1 amide bonds. The number of nitro benzene ring substituents is 1. The molecule has 1 atom stereocenters. The van der Waals surface area contributed by atoms with Gasteiger partial charge in [0, 0.05) is 11.8 Å². The summed E-state index contributed by atoms with van der Waals surface area (Å²) in [6.45, 7) is 0. The number of furan rings is 1. The first-order valence-electron chi connectivity index (χ1n) is 7.98. The lowest BCUT2D eigenvalue weighted by Gasteiger charge is -2.16. The number of halogens is 1. The Bertz CT molecular complexity index is 932. The third-order valence-corrected chi connectivity index (χ3v) is 5.31. The molecule has 1 heterocycles. The van der Waals surface area contributed by atoms with E-state index >= 15 is 0 Å². The van der Waals surface area contributed by atoms with Crippen LogP contribution < -0.4 is 5.32 Å². The van der Waals surface area contributed by atoms with Gasteiger partial charge >= 0.3 is 0 Å². The zero-order valence-corrected chi connectivity index (χ0v) is 15.6. The van der Waals surface area contributed by atoms with Crippen molar-refractivity contribution in [1.82, 2.24) is 0 Å². The van der Waals surface area contributed by atoms with E-state index in [0.29, 0.717) is 11.4 Å². The zero-order chi connectivity index (χ0) is 19.2. The molecule has 27 heavy (non-hydrogen) atoms. The Morgan fingerprint density at radius 1 is 1.19 bits per heavy atom. The van der Waals surface area contributed by atoms with Crippen LogP contribution in [0.4, 0.5) is 11.4 Å². The van der Waals surface area contributed by atoms with Gasteiger partial charge in [-0.3, -0.25) is 14.9 Å². The fourth-order valence-electron chi connectivity index (χ4n) is 2.45. The van der Waals surface area contributed by atoms with Crippen LogP contribution in [0.2, 0.25) is 5.02 Å². The summed E-state index contributed by atoms with van der Waals surface area (Å²) in [5.74, 6) is 0.992. The molecule has 0 radical (unpaired) electrons. The van der Waals surface area contributed by atoms with Crippen LogP contribution >= 0.6 is 23.4 Å². The molecule has 0 saturated carbocycles. The molecule has 0 aliphatic carbocycles. The highest BCUT2D eigenvalue weighted by Gasteiger charge is 2.23. The molecule has 3 rings (SSSR count). The maximum Gasteiger partial charge on any atom is 0.289 e. The van der Waals surface area contributed by atoms with Crippen molar-refractivity contribution in [2.45, 2.75) is 11.0 Å². The van der Waals surface area contributed by atoms with E-state index < -0.39 is 10.2 Å². The van der Waals surface area contributed by atoms with Gasteiger partial charge in [0.05, 0.1) is 16.9 Å². The number of nitrogens with one attached hydrogen (secondary N) is 1. The summed E-state index contributed by atoms with van der Waals surface area (Å²) >= 11 is 7.23. The van der Waals surface area contributed by atoms with E-state index in [1.54, 1.807) is 12.3 Å². The number of benzene rings is 2. The number of amides is 1. The molecule has 0 spiro atoms. The number of hydrogen-bond donors (Lipinski definition) is 1. The number of carbonyl (C=O) groups excluding carboxylic acids is 1. The van der Waals surface area contributed by atoms with Gasteiger partial charge in [0.15, 0.2) is 0 Å². The first-order chi connectivity index (χ1) is 13.0. The predicted octanol–water partition coefficient (Wildman–Crippen LogP) is 5.45. The first kappa shape index (κ1) is 19.0. The molecular weight excluding hydrogens is 388 g/mol. The minimum atomic E-state index is -0.585. The summed E-state index contributed by atoms with van der Waals surface area (Å²) in [4.78, 5) is 23.3. The van der Waals surface area contributed by atoms with E-state index in [1.807, 2.05) is 36.4 Å². The summed E-state index contributed by atoms with van der Waals surface area (Å²) in [5.41, 5.74) is 0.889. The fraction of sp³-hybridized carbons (Fsp3) is 0.105. The van der Waals surface area contributed by atoms with Gasteiger partial charge in [-0.25, -0.2) is 0 Å². The minimum absolute atomic E-state index is 0.0183. The van der Waals surface area contributed by atoms with Crippen molar-refractivity contribution in [2.75, 3.05) is 5.32 Å². The normalized spacial score (nSPS) is 11.7. The molecule has 0 saturated heterocycles. The molecule has 0 fully saturated rings. The highest BCUT2D eigenvalue weighted by Crippen LogP contribution is 2.34. The molecule has 1 N–H and O–H groups in total. The van der Waals surface area contributed by atoms with E-state index in [2.05, 4.69) is 5.32 Å². The van der Waals surface area contributed by atoms with E-state index in [9.17, 15) is 14.9 Å². The molecular formula is C19H15ClN2O4S. The molecule has 3 aromatic rings. The third-order valence-electron chi connectivity index (χ3n) is 3.72. The second-order valence-corrected chi connectivity index (χ2v) is 7.09. The van der Waals surface area contributed by atoms with Gasteiger partial charge in [0.1, 0.15) is 16.0 Å². The van der Waals surface area contributed by atoms with Gasteiger partial charge in [0.2, 0.25) is 5.91 Å². The Kier molecular flexibility index (Phi) is 6.16. The van der Waals surface area contributed by atoms with Crippen LogP contribution in [0.3, 0.4) is 0 Å². The monoisotopic (exact) mass is 402 g/mol. The van der Waals surface area contributed by atoms with Crippen LogP contribution in [-0.4, -0.2) is 10.8 Å². The summed E-state index contributed by atoms with van der Waals surface area (Å²) in [7, 11) is 0. The molecule has 1 aromatic heterocycles. The van der Waals surface area contributed by atoms with Crippen LogP contribution in [-0.2, 0) is 10.5 Å². The van der Waals surface area contributed by atoms with E-state index in [-0.39, 0.29) is 16.6 Å². The van der Waals surface area contributed by atoms with E-state index in [4.69, 9.17) is 16.0 Å². The van der Waals surface area contributed by atoms with Crippen molar-refractivity contribution in [1.29, 1.82) is 0 Å². The number of hydrogen-bond acceptors (Lipinski definition) is 5. The SMILES string of the molecule is O=C(Nc1ccc(Cl)c([N+](=O)[O-])c1)[C@@H](SCc1ccco1)c1ccccc1. The van der Waals surface area contributed by atoms with Crippen LogP contribution in [0.25, 0.3) is 0 Å². The number of carbonyl (C=O) groups is 1. The summed E-state index contributed by atoms with van der Waals surface area (Å²) in [6.07, 6.45) is 1.58. The zero-order valence-electron chi connectivity index (χ0n) is 14.0. The summed E-state index contributed by atoms with van der Waals surface area (Å²) < 4.78 is 5.33. The topological polar surface area (TPSA) is 85.4 Å². The Balaban J connectivity index is 1.80. The Labute approximate surface area is 164 Å². The maximum absolute atomic E-state index is 12.9. The largest absolute Gasteiger partial charge is 0.468 e. The van der Waals surface area contributed by atoms with Gasteiger partial charge in [-0.05, 0) is 29.8 Å². The molecule has 8 heteroatoms. The van der Waals surface area contributed by atoms with Crippen molar-refractivity contribution in [3.05, 3.63) is 93.4 Å².